The number of aliphatic imine (C=N–C) groups is 1. The molecule has 0 spiro atoms. The summed E-state index contributed by atoms with van der Waals surface area (Å²) in [5.74, 6) is 0.00810. The third-order valence-electron chi connectivity index (χ3n) is 2.18. The van der Waals surface area contributed by atoms with Crippen molar-refractivity contribution in [2.45, 2.75) is 0 Å². The Labute approximate surface area is 108 Å². The molecule has 0 fully saturated rings. The van der Waals surface area contributed by atoms with Crippen LogP contribution in [0.1, 0.15) is 5.56 Å². The second-order valence-corrected chi connectivity index (χ2v) is 5.11. The van der Waals surface area contributed by atoms with Gasteiger partial charge in [0.25, 0.3) is 0 Å². The fourth-order valence-corrected chi connectivity index (χ4v) is 2.73. The van der Waals surface area contributed by atoms with Gasteiger partial charge in [0.05, 0.1) is 4.24 Å². The van der Waals surface area contributed by atoms with E-state index in [1.54, 1.807) is 0 Å². The number of ether oxygens (including phenoxy) is 1. The summed E-state index contributed by atoms with van der Waals surface area (Å²) in [6, 6.07) is 9.42. The molecule has 1 aliphatic rings. The molecule has 0 bridgehead atoms. The van der Waals surface area contributed by atoms with Gasteiger partial charge in [0.1, 0.15) is 0 Å². The predicted molar refractivity (Wildman–Crippen MR) is 73.1 cm³/mol. The number of hydrogen-bond acceptors (Lipinski definition) is 5. The smallest absolute Gasteiger partial charge is 0.365 e. The highest BCUT2D eigenvalue weighted by atomic mass is 32.2. The minimum Gasteiger partial charge on any atom is -0.402 e. The van der Waals surface area contributed by atoms with E-state index in [1.165, 1.54) is 23.5 Å². The van der Waals surface area contributed by atoms with Crippen molar-refractivity contribution in [2.75, 3.05) is 12.5 Å². The number of hydrogen-bond donors (Lipinski definition) is 0. The number of cyclic esters (lactones) is 1. The van der Waals surface area contributed by atoms with Crippen LogP contribution >= 0.6 is 23.5 Å². The number of rotatable bonds is 3. The maximum Gasteiger partial charge on any atom is 0.365 e. The molecule has 1 aromatic carbocycles. The molecule has 2 rings (SSSR count). The molecule has 0 saturated heterocycles. The van der Waals surface area contributed by atoms with E-state index in [0.717, 1.165) is 9.80 Å². The van der Waals surface area contributed by atoms with Crippen molar-refractivity contribution in [3.05, 3.63) is 45.8 Å². The lowest BCUT2D eigenvalue weighted by atomic mass is 10.2. The molecule has 0 aromatic heterocycles. The molecule has 88 valence electrons. The van der Waals surface area contributed by atoms with Crippen molar-refractivity contribution in [3.63, 3.8) is 0 Å². The molecule has 0 N–H and O–H groups in total. The first-order valence-corrected chi connectivity index (χ1v) is 7.39. The number of benzene rings is 1. The van der Waals surface area contributed by atoms with Gasteiger partial charge in [-0.2, -0.15) is 0 Å². The third kappa shape index (κ3) is 2.56. The maximum atomic E-state index is 11.7. The van der Waals surface area contributed by atoms with Gasteiger partial charge in [-0.05, 0) is 24.6 Å². The molecule has 0 saturated carbocycles. The van der Waals surface area contributed by atoms with Crippen LogP contribution in [0.4, 0.5) is 0 Å². The Bertz CT molecular complexity index is 488. The SMILES string of the molecule is CSC(SC)=C1N=C(c2ccccc2)OC1=O. The molecule has 1 aliphatic heterocycles. The summed E-state index contributed by atoms with van der Waals surface area (Å²) in [5, 5.41) is 0. The highest BCUT2D eigenvalue weighted by molar-refractivity contribution is 8.21. The Morgan fingerprint density at radius 2 is 1.82 bits per heavy atom. The highest BCUT2D eigenvalue weighted by Gasteiger charge is 2.26. The monoisotopic (exact) mass is 265 g/mol. The maximum absolute atomic E-state index is 11.7. The molecule has 5 heteroatoms. The average Bonchev–Trinajstić information content (AvgIpc) is 2.75. The van der Waals surface area contributed by atoms with Crippen LogP contribution in [-0.2, 0) is 9.53 Å². The van der Waals surface area contributed by atoms with Crippen molar-refractivity contribution < 1.29 is 9.53 Å². The van der Waals surface area contributed by atoms with Crippen molar-refractivity contribution >= 4 is 35.4 Å². The first kappa shape index (κ1) is 12.3. The van der Waals surface area contributed by atoms with Gasteiger partial charge in [0.2, 0.25) is 5.90 Å². The van der Waals surface area contributed by atoms with Gasteiger partial charge in [-0.15, -0.1) is 23.5 Å². The van der Waals surface area contributed by atoms with Crippen LogP contribution < -0.4 is 0 Å². The quantitative estimate of drug-likeness (QED) is 0.622. The summed E-state index contributed by atoms with van der Waals surface area (Å²) < 4.78 is 6.05. The minimum atomic E-state index is -0.373. The molecule has 3 nitrogen and oxygen atoms in total. The lowest BCUT2D eigenvalue weighted by molar-refractivity contribution is -0.130. The van der Waals surface area contributed by atoms with Crippen LogP contribution in [-0.4, -0.2) is 24.4 Å². The van der Waals surface area contributed by atoms with Gasteiger partial charge >= 0.3 is 5.97 Å². The van der Waals surface area contributed by atoms with Crippen molar-refractivity contribution in [1.82, 2.24) is 0 Å². The number of carbonyl (C=O) groups is 1. The summed E-state index contributed by atoms with van der Waals surface area (Å²) >= 11 is 3.01. The Morgan fingerprint density at radius 1 is 1.18 bits per heavy atom. The van der Waals surface area contributed by atoms with E-state index < -0.39 is 0 Å². The second kappa shape index (κ2) is 5.42. The van der Waals surface area contributed by atoms with Crippen LogP contribution in [0.3, 0.4) is 0 Å². The fraction of sp³-hybridized carbons (Fsp3) is 0.167. The lowest BCUT2D eigenvalue weighted by Gasteiger charge is -1.98. The van der Waals surface area contributed by atoms with E-state index in [2.05, 4.69) is 4.99 Å². The van der Waals surface area contributed by atoms with Gasteiger partial charge in [0, 0.05) is 5.56 Å². The lowest BCUT2D eigenvalue weighted by Crippen LogP contribution is -2.05. The van der Waals surface area contributed by atoms with Crippen LogP contribution in [0.15, 0.2) is 45.3 Å². The zero-order valence-electron chi connectivity index (χ0n) is 9.47. The van der Waals surface area contributed by atoms with Crippen LogP contribution in [0.25, 0.3) is 0 Å². The van der Waals surface area contributed by atoms with Crippen LogP contribution in [0, 0.1) is 0 Å². The minimum absolute atomic E-state index is 0.373. The summed E-state index contributed by atoms with van der Waals surface area (Å²) in [5.41, 5.74) is 1.22. The van der Waals surface area contributed by atoms with E-state index >= 15 is 0 Å². The Morgan fingerprint density at radius 3 is 2.41 bits per heavy atom. The largest absolute Gasteiger partial charge is 0.402 e. The third-order valence-corrected chi connectivity index (χ3v) is 4.31. The molecule has 0 unspecified atom stereocenters. The van der Waals surface area contributed by atoms with E-state index in [0.29, 0.717) is 11.6 Å². The first-order valence-electron chi connectivity index (χ1n) is 4.95. The predicted octanol–water partition coefficient (Wildman–Crippen LogP) is 2.89. The Kier molecular flexibility index (Phi) is 3.91. The Hall–Kier alpha value is -1.20. The molecular formula is C12H11NO2S2. The number of nitrogens with zero attached hydrogens (tertiary/aromatic N) is 1. The molecule has 1 heterocycles. The molecule has 0 aliphatic carbocycles. The van der Waals surface area contributed by atoms with Gasteiger partial charge in [-0.25, -0.2) is 9.79 Å². The van der Waals surface area contributed by atoms with E-state index in [-0.39, 0.29) is 5.97 Å². The summed E-state index contributed by atoms with van der Waals surface area (Å²) in [4.78, 5) is 16.0. The van der Waals surface area contributed by atoms with Gasteiger partial charge in [0.15, 0.2) is 5.70 Å². The number of thioether (sulfide) groups is 2. The van der Waals surface area contributed by atoms with E-state index in [9.17, 15) is 4.79 Å². The van der Waals surface area contributed by atoms with Crippen molar-refractivity contribution in [2.24, 2.45) is 4.99 Å². The number of carbonyl (C=O) groups excluding carboxylic acids is 1. The Balaban J connectivity index is 2.39. The second-order valence-electron chi connectivity index (χ2n) is 3.22. The standard InChI is InChI=1S/C12H11NO2S2/c1-16-12(17-2)9-11(14)15-10(13-9)8-6-4-3-5-7-8/h3-7H,1-2H3. The summed E-state index contributed by atoms with van der Waals surface area (Å²) in [6.07, 6.45) is 3.84. The van der Waals surface area contributed by atoms with Crippen molar-refractivity contribution in [1.29, 1.82) is 0 Å². The highest BCUT2D eigenvalue weighted by Crippen LogP contribution is 2.31. The summed E-state index contributed by atoms with van der Waals surface area (Å²) in [6.45, 7) is 0. The molecular weight excluding hydrogens is 254 g/mol. The zero-order valence-corrected chi connectivity index (χ0v) is 11.1. The molecule has 17 heavy (non-hydrogen) atoms. The average molecular weight is 265 g/mol. The van der Waals surface area contributed by atoms with Gasteiger partial charge < -0.3 is 4.74 Å². The first-order chi connectivity index (χ1) is 8.26. The molecule has 0 atom stereocenters. The van der Waals surface area contributed by atoms with Crippen LogP contribution in [0.5, 0.6) is 0 Å². The van der Waals surface area contributed by atoms with Gasteiger partial charge in [-0.3, -0.25) is 0 Å². The van der Waals surface area contributed by atoms with E-state index in [1.807, 2.05) is 42.8 Å². The summed E-state index contributed by atoms with van der Waals surface area (Å²) in [7, 11) is 0. The molecule has 0 radical (unpaired) electrons. The zero-order chi connectivity index (χ0) is 12.3. The number of esters is 1. The topological polar surface area (TPSA) is 38.7 Å². The van der Waals surface area contributed by atoms with E-state index in [4.69, 9.17) is 4.74 Å². The van der Waals surface area contributed by atoms with Gasteiger partial charge in [-0.1, -0.05) is 18.2 Å². The fourth-order valence-electron chi connectivity index (χ4n) is 1.42. The van der Waals surface area contributed by atoms with Crippen molar-refractivity contribution in [3.8, 4) is 0 Å². The van der Waals surface area contributed by atoms with Crippen LogP contribution in [0.2, 0.25) is 0 Å². The molecule has 1 aromatic rings. The molecule has 0 amide bonds. The normalized spacial score (nSPS) is 14.6.